The van der Waals surface area contributed by atoms with Gasteiger partial charge in [0, 0.05) is 29.4 Å². The Hall–Kier alpha value is -2.60. The van der Waals surface area contributed by atoms with Crippen LogP contribution in [0.4, 0.5) is 5.82 Å². The second kappa shape index (κ2) is 8.39. The summed E-state index contributed by atoms with van der Waals surface area (Å²) >= 11 is 6.30. The van der Waals surface area contributed by atoms with E-state index in [2.05, 4.69) is 22.0 Å². The van der Waals surface area contributed by atoms with E-state index in [0.717, 1.165) is 43.4 Å². The number of aldehydes is 1. The molecule has 6 nitrogen and oxygen atoms in total. The van der Waals surface area contributed by atoms with Gasteiger partial charge in [-0.05, 0) is 73.4 Å². The van der Waals surface area contributed by atoms with E-state index in [4.69, 9.17) is 21.1 Å². The van der Waals surface area contributed by atoms with Gasteiger partial charge in [-0.2, -0.15) is 0 Å². The first-order valence-electron chi connectivity index (χ1n) is 11.2. The van der Waals surface area contributed by atoms with Crippen LogP contribution in [0.5, 0.6) is 5.75 Å². The van der Waals surface area contributed by atoms with E-state index < -0.39 is 5.97 Å². The van der Waals surface area contributed by atoms with E-state index in [1.54, 1.807) is 6.07 Å². The molecule has 0 N–H and O–H groups in total. The molecule has 7 heteroatoms. The first-order valence-corrected chi connectivity index (χ1v) is 11.6. The Morgan fingerprint density at radius 1 is 1.34 bits per heavy atom. The molecule has 1 unspecified atom stereocenters. The molecule has 2 aliphatic carbocycles. The quantitative estimate of drug-likeness (QED) is 0.509. The molecular weight excluding hydrogens is 428 g/mol. The van der Waals surface area contributed by atoms with Crippen molar-refractivity contribution in [2.45, 2.75) is 37.5 Å². The number of rotatable bonds is 4. The van der Waals surface area contributed by atoms with E-state index in [-0.39, 0.29) is 22.9 Å². The highest BCUT2D eigenvalue weighted by Crippen LogP contribution is 2.45. The van der Waals surface area contributed by atoms with Gasteiger partial charge in [0.1, 0.15) is 6.29 Å². The van der Waals surface area contributed by atoms with Crippen molar-refractivity contribution in [2.75, 3.05) is 31.7 Å². The monoisotopic (exact) mass is 454 g/mol. The Morgan fingerprint density at radius 2 is 2.22 bits per heavy atom. The van der Waals surface area contributed by atoms with Gasteiger partial charge in [0.15, 0.2) is 17.3 Å². The minimum atomic E-state index is -0.473. The molecule has 1 fully saturated rings. The molecule has 32 heavy (non-hydrogen) atoms. The van der Waals surface area contributed by atoms with Crippen LogP contribution in [0, 0.1) is 11.8 Å². The standard InChI is InChI=1S/C25H27ClN2O4/c1-31-24(30)21-8-9-22-23(27-21)28(12-17-4-5-18(17)13-29)14-25(15-32-22)10-2-3-16-11-19(26)6-7-20(16)25/h6-9,11,13,17-18H,2-5,10,12,14-15H2,1H3/t17-,18-,25?/m0/s1. The summed E-state index contributed by atoms with van der Waals surface area (Å²) in [6.45, 7) is 1.96. The molecule has 168 valence electrons. The van der Waals surface area contributed by atoms with Gasteiger partial charge in [0.25, 0.3) is 0 Å². The molecule has 0 saturated heterocycles. The fourth-order valence-electron chi connectivity index (χ4n) is 5.48. The molecule has 1 aromatic heterocycles. The average Bonchev–Trinajstić information content (AvgIpc) is 2.93. The van der Waals surface area contributed by atoms with Crippen LogP contribution in [0.15, 0.2) is 30.3 Å². The van der Waals surface area contributed by atoms with Crippen LogP contribution in [0.2, 0.25) is 5.02 Å². The number of esters is 1. The lowest BCUT2D eigenvalue weighted by Gasteiger charge is -2.43. The largest absolute Gasteiger partial charge is 0.489 e. The van der Waals surface area contributed by atoms with Crippen molar-refractivity contribution in [3.63, 3.8) is 0 Å². The summed E-state index contributed by atoms with van der Waals surface area (Å²) in [7, 11) is 1.35. The third kappa shape index (κ3) is 3.64. The third-order valence-corrected chi connectivity index (χ3v) is 7.61. The zero-order valence-electron chi connectivity index (χ0n) is 18.2. The van der Waals surface area contributed by atoms with Gasteiger partial charge < -0.3 is 19.2 Å². The Morgan fingerprint density at radius 3 is 2.97 bits per heavy atom. The fraction of sp³-hybridized carbons (Fsp3) is 0.480. The van der Waals surface area contributed by atoms with Gasteiger partial charge in [0.05, 0.1) is 13.7 Å². The normalized spacial score (nSPS) is 26.2. The van der Waals surface area contributed by atoms with Gasteiger partial charge in [-0.3, -0.25) is 0 Å². The molecule has 0 bridgehead atoms. The molecule has 2 aromatic rings. The highest BCUT2D eigenvalue weighted by Gasteiger charge is 2.43. The Bertz CT molecular complexity index is 1060. The number of hydrogen-bond acceptors (Lipinski definition) is 6. The predicted molar refractivity (Wildman–Crippen MR) is 122 cm³/mol. The molecule has 3 atom stereocenters. The van der Waals surface area contributed by atoms with Gasteiger partial charge in [-0.1, -0.05) is 17.7 Å². The van der Waals surface area contributed by atoms with Crippen LogP contribution in [-0.4, -0.2) is 44.0 Å². The van der Waals surface area contributed by atoms with Crippen molar-refractivity contribution < 1.29 is 19.1 Å². The van der Waals surface area contributed by atoms with Crippen molar-refractivity contribution in [3.8, 4) is 5.75 Å². The van der Waals surface area contributed by atoms with Crippen molar-refractivity contribution >= 4 is 29.7 Å². The number of ether oxygens (including phenoxy) is 2. The first kappa shape index (κ1) is 21.3. The zero-order chi connectivity index (χ0) is 22.3. The van der Waals surface area contributed by atoms with Crippen molar-refractivity contribution in [1.29, 1.82) is 0 Å². The summed E-state index contributed by atoms with van der Waals surface area (Å²) < 4.78 is 11.2. The molecule has 1 aromatic carbocycles. The molecule has 5 rings (SSSR count). The second-order valence-electron chi connectivity index (χ2n) is 9.25. The Balaban J connectivity index is 1.56. The number of halogens is 1. The number of benzene rings is 1. The number of carbonyl (C=O) groups is 2. The lowest BCUT2D eigenvalue weighted by atomic mass is 9.69. The number of anilines is 1. The van der Waals surface area contributed by atoms with Gasteiger partial charge in [-0.25, -0.2) is 9.78 Å². The molecule has 2 heterocycles. The number of aryl methyl sites for hydroxylation is 1. The van der Waals surface area contributed by atoms with Crippen LogP contribution >= 0.6 is 11.6 Å². The van der Waals surface area contributed by atoms with Crippen LogP contribution < -0.4 is 9.64 Å². The summed E-state index contributed by atoms with van der Waals surface area (Å²) in [5.74, 6) is 1.21. The molecule has 0 amide bonds. The Labute approximate surface area is 192 Å². The highest BCUT2D eigenvalue weighted by molar-refractivity contribution is 6.30. The smallest absolute Gasteiger partial charge is 0.356 e. The van der Waals surface area contributed by atoms with Crippen LogP contribution in [0.1, 0.15) is 47.3 Å². The van der Waals surface area contributed by atoms with Crippen molar-refractivity contribution in [2.24, 2.45) is 11.8 Å². The van der Waals surface area contributed by atoms with E-state index in [1.165, 1.54) is 18.2 Å². The first-order chi connectivity index (χ1) is 15.5. The number of hydrogen-bond donors (Lipinski definition) is 0. The van der Waals surface area contributed by atoms with Crippen LogP contribution in [0.3, 0.4) is 0 Å². The van der Waals surface area contributed by atoms with Crippen molar-refractivity contribution in [3.05, 3.63) is 52.2 Å². The van der Waals surface area contributed by atoms with Crippen LogP contribution in [0.25, 0.3) is 0 Å². The van der Waals surface area contributed by atoms with Gasteiger partial charge in [0.2, 0.25) is 0 Å². The SMILES string of the molecule is COC(=O)c1ccc2c(n1)N(C[C@@H]1CC[C@H]1C=O)CC1(CCCc3cc(Cl)ccc31)CO2. The highest BCUT2D eigenvalue weighted by atomic mass is 35.5. The lowest BCUT2D eigenvalue weighted by Crippen LogP contribution is -2.48. The van der Waals surface area contributed by atoms with Gasteiger partial charge >= 0.3 is 5.97 Å². The molecule has 1 saturated carbocycles. The fourth-order valence-corrected chi connectivity index (χ4v) is 5.68. The van der Waals surface area contributed by atoms with Gasteiger partial charge in [-0.15, -0.1) is 0 Å². The third-order valence-electron chi connectivity index (χ3n) is 7.38. The summed E-state index contributed by atoms with van der Waals surface area (Å²) in [6.07, 6.45) is 6.10. The minimum absolute atomic E-state index is 0.0832. The summed E-state index contributed by atoms with van der Waals surface area (Å²) in [4.78, 5) is 30.5. The molecule has 0 radical (unpaired) electrons. The minimum Gasteiger partial charge on any atom is -0.489 e. The summed E-state index contributed by atoms with van der Waals surface area (Å²) in [5, 5.41) is 0.753. The Kier molecular flexibility index (Phi) is 5.58. The van der Waals surface area contributed by atoms with Crippen LogP contribution in [-0.2, 0) is 21.4 Å². The number of pyridine rings is 1. The number of methoxy groups -OCH3 is 1. The maximum atomic E-state index is 12.2. The summed E-state index contributed by atoms with van der Waals surface area (Å²) in [6, 6.07) is 9.62. The van der Waals surface area contributed by atoms with E-state index in [0.29, 0.717) is 31.3 Å². The number of carbonyl (C=O) groups excluding carboxylic acids is 2. The molecular formula is C25H27ClN2O4. The number of nitrogens with zero attached hydrogens (tertiary/aromatic N) is 2. The second-order valence-corrected chi connectivity index (χ2v) is 9.69. The topological polar surface area (TPSA) is 68.7 Å². The summed E-state index contributed by atoms with van der Waals surface area (Å²) in [5.41, 5.74) is 2.60. The molecule has 1 spiro atoms. The van der Waals surface area contributed by atoms with E-state index in [1.807, 2.05) is 12.1 Å². The van der Waals surface area contributed by atoms with Crippen molar-refractivity contribution in [1.82, 2.24) is 4.98 Å². The number of fused-ring (bicyclic) bond motifs is 3. The molecule has 3 aliphatic rings. The average molecular weight is 455 g/mol. The van der Waals surface area contributed by atoms with E-state index >= 15 is 0 Å². The maximum Gasteiger partial charge on any atom is 0.356 e. The molecule has 1 aliphatic heterocycles. The van der Waals surface area contributed by atoms with E-state index in [9.17, 15) is 9.59 Å². The maximum absolute atomic E-state index is 12.2. The predicted octanol–water partition coefficient (Wildman–Crippen LogP) is 4.22. The number of aromatic nitrogens is 1. The lowest BCUT2D eigenvalue weighted by molar-refractivity contribution is -0.115. The zero-order valence-corrected chi connectivity index (χ0v) is 18.9.